The van der Waals surface area contributed by atoms with E-state index in [4.69, 9.17) is 0 Å². The fourth-order valence-corrected chi connectivity index (χ4v) is 2.83. The molecule has 1 aliphatic carbocycles. The number of halogens is 2. The largest absolute Gasteiger partial charge is 0.0610 e. The molecule has 0 bridgehead atoms. The van der Waals surface area contributed by atoms with Gasteiger partial charge in [-0.25, -0.2) is 0 Å². The topological polar surface area (TPSA) is 0 Å². The molecule has 0 fully saturated rings. The lowest BCUT2D eigenvalue weighted by Gasteiger charge is -2.06. The normalized spacial score (nSPS) is 12.7. The maximum absolute atomic E-state index is 3.60. The highest BCUT2D eigenvalue weighted by Crippen LogP contribution is 2.39. The average Bonchev–Trinajstić information content (AvgIpc) is 2.59. The van der Waals surface area contributed by atoms with E-state index in [9.17, 15) is 0 Å². The summed E-state index contributed by atoms with van der Waals surface area (Å²) in [6.07, 6.45) is 4.32. The molecule has 0 radical (unpaired) electrons. The van der Waals surface area contributed by atoms with Crippen molar-refractivity contribution < 1.29 is 0 Å². The third kappa shape index (κ3) is 1.04. The second-order valence-electron chi connectivity index (χ2n) is 3.36. The summed E-state index contributed by atoms with van der Waals surface area (Å²) >= 11 is 7.15. The van der Waals surface area contributed by atoms with E-state index in [1.54, 1.807) is 0 Å². The Bertz CT molecular complexity index is 568. The zero-order valence-corrected chi connectivity index (χ0v) is 10.4. The van der Waals surface area contributed by atoms with Crippen molar-refractivity contribution in [3.05, 3.63) is 44.3 Å². The second kappa shape index (κ2) is 2.94. The summed E-state index contributed by atoms with van der Waals surface area (Å²) in [4.78, 5) is 0. The van der Waals surface area contributed by atoms with Crippen LogP contribution in [0.15, 0.2) is 33.2 Å². The van der Waals surface area contributed by atoms with Crippen LogP contribution in [0.1, 0.15) is 11.1 Å². The van der Waals surface area contributed by atoms with Crippen LogP contribution in [0, 0.1) is 0 Å². The smallest absolute Gasteiger partial charge is 0.0396 e. The minimum atomic E-state index is 1.11. The molecule has 0 amide bonds. The Hall–Kier alpha value is -0.600. The van der Waals surface area contributed by atoms with Crippen LogP contribution in [-0.4, -0.2) is 0 Å². The van der Waals surface area contributed by atoms with Gasteiger partial charge in [0.1, 0.15) is 0 Å². The first-order valence-electron chi connectivity index (χ1n) is 4.36. The molecule has 0 N–H and O–H groups in total. The molecule has 14 heavy (non-hydrogen) atoms. The van der Waals surface area contributed by atoms with Gasteiger partial charge in [0.15, 0.2) is 0 Å². The van der Waals surface area contributed by atoms with E-state index in [1.165, 1.54) is 21.9 Å². The lowest BCUT2D eigenvalue weighted by atomic mass is 10.0. The summed E-state index contributed by atoms with van der Waals surface area (Å²) in [5.74, 6) is 0. The first-order chi connectivity index (χ1) is 6.77. The van der Waals surface area contributed by atoms with Crippen molar-refractivity contribution >= 4 is 54.8 Å². The number of hydrogen-bond acceptors (Lipinski definition) is 0. The second-order valence-corrected chi connectivity index (χ2v) is 5.01. The van der Waals surface area contributed by atoms with Crippen LogP contribution >= 0.6 is 31.9 Å². The van der Waals surface area contributed by atoms with Crippen molar-refractivity contribution in [1.82, 2.24) is 0 Å². The first-order valence-corrected chi connectivity index (χ1v) is 5.95. The van der Waals surface area contributed by atoms with Gasteiger partial charge in [-0.15, -0.1) is 0 Å². The van der Waals surface area contributed by atoms with E-state index in [2.05, 4.69) is 68.3 Å². The summed E-state index contributed by atoms with van der Waals surface area (Å²) < 4.78 is 2.26. The SMILES string of the molecule is Brc1cc2c3c(cccc3c1Br)C=C2. The molecule has 2 heteroatoms. The van der Waals surface area contributed by atoms with E-state index in [1.807, 2.05) is 0 Å². The summed E-state index contributed by atoms with van der Waals surface area (Å²) in [6, 6.07) is 8.54. The third-order valence-electron chi connectivity index (χ3n) is 2.56. The van der Waals surface area contributed by atoms with Crippen LogP contribution in [0.4, 0.5) is 0 Å². The predicted molar refractivity (Wildman–Crippen MR) is 68.3 cm³/mol. The van der Waals surface area contributed by atoms with Gasteiger partial charge < -0.3 is 0 Å². The first kappa shape index (κ1) is 8.69. The fraction of sp³-hybridized carbons (Fsp3) is 0. The standard InChI is InChI=1S/C12H6Br2/c13-10-6-8-5-4-7-2-1-3-9(11(7)8)12(10)14/h1-6H. The van der Waals surface area contributed by atoms with Crippen LogP contribution < -0.4 is 0 Å². The summed E-state index contributed by atoms with van der Waals surface area (Å²) in [6.45, 7) is 0. The van der Waals surface area contributed by atoms with Gasteiger partial charge in [-0.2, -0.15) is 0 Å². The predicted octanol–water partition coefficient (Wildman–Crippen LogP) is 4.85. The van der Waals surface area contributed by atoms with Gasteiger partial charge in [-0.3, -0.25) is 0 Å². The molecule has 0 saturated carbocycles. The summed E-state index contributed by atoms with van der Waals surface area (Å²) in [5, 5.41) is 2.62. The maximum Gasteiger partial charge on any atom is 0.0396 e. The zero-order valence-electron chi connectivity index (χ0n) is 7.22. The van der Waals surface area contributed by atoms with Crippen molar-refractivity contribution in [2.24, 2.45) is 0 Å². The minimum Gasteiger partial charge on any atom is -0.0610 e. The van der Waals surface area contributed by atoms with E-state index < -0.39 is 0 Å². The minimum absolute atomic E-state index is 1.11. The molecular weight excluding hydrogens is 304 g/mol. The van der Waals surface area contributed by atoms with Crippen LogP contribution in [0.5, 0.6) is 0 Å². The lowest BCUT2D eigenvalue weighted by molar-refractivity contribution is 1.63. The van der Waals surface area contributed by atoms with Gasteiger partial charge in [0, 0.05) is 8.95 Å². The quantitative estimate of drug-likeness (QED) is 0.557. The number of benzene rings is 2. The molecular formula is C12H6Br2. The molecule has 68 valence electrons. The molecule has 1 aliphatic rings. The Morgan fingerprint density at radius 1 is 0.929 bits per heavy atom. The maximum atomic E-state index is 3.60. The van der Waals surface area contributed by atoms with Crippen molar-refractivity contribution in [1.29, 1.82) is 0 Å². The monoisotopic (exact) mass is 308 g/mol. The Kier molecular flexibility index (Phi) is 1.83. The highest BCUT2D eigenvalue weighted by Gasteiger charge is 2.12. The van der Waals surface area contributed by atoms with Gasteiger partial charge in [0.25, 0.3) is 0 Å². The van der Waals surface area contributed by atoms with Gasteiger partial charge in [-0.05, 0) is 59.8 Å². The number of rotatable bonds is 0. The van der Waals surface area contributed by atoms with Crippen molar-refractivity contribution in [2.75, 3.05) is 0 Å². The zero-order chi connectivity index (χ0) is 9.71. The van der Waals surface area contributed by atoms with Gasteiger partial charge in [0.2, 0.25) is 0 Å². The van der Waals surface area contributed by atoms with Crippen LogP contribution in [0.25, 0.3) is 22.9 Å². The molecule has 2 aromatic rings. The van der Waals surface area contributed by atoms with Gasteiger partial charge in [-0.1, -0.05) is 30.4 Å². The average molecular weight is 310 g/mol. The molecule has 0 heterocycles. The van der Waals surface area contributed by atoms with Crippen LogP contribution in [0.3, 0.4) is 0 Å². The van der Waals surface area contributed by atoms with Gasteiger partial charge in [0.05, 0.1) is 0 Å². The summed E-state index contributed by atoms with van der Waals surface area (Å²) in [5.41, 5.74) is 2.61. The third-order valence-corrected chi connectivity index (χ3v) is 4.57. The molecule has 0 aromatic heterocycles. The Labute approximate surface area is 98.9 Å². The van der Waals surface area contributed by atoms with Crippen LogP contribution in [0.2, 0.25) is 0 Å². The van der Waals surface area contributed by atoms with E-state index in [0.29, 0.717) is 0 Å². The van der Waals surface area contributed by atoms with Gasteiger partial charge >= 0.3 is 0 Å². The molecule has 0 nitrogen and oxygen atoms in total. The van der Waals surface area contributed by atoms with Crippen molar-refractivity contribution in [3.8, 4) is 0 Å². The van der Waals surface area contributed by atoms with E-state index >= 15 is 0 Å². The lowest BCUT2D eigenvalue weighted by Crippen LogP contribution is -1.81. The molecule has 0 unspecified atom stereocenters. The highest BCUT2D eigenvalue weighted by molar-refractivity contribution is 9.13. The molecule has 2 aromatic carbocycles. The molecule has 0 saturated heterocycles. The van der Waals surface area contributed by atoms with E-state index in [-0.39, 0.29) is 0 Å². The van der Waals surface area contributed by atoms with Crippen molar-refractivity contribution in [2.45, 2.75) is 0 Å². The Morgan fingerprint density at radius 3 is 2.57 bits per heavy atom. The molecule has 0 aliphatic heterocycles. The van der Waals surface area contributed by atoms with Crippen LogP contribution in [-0.2, 0) is 0 Å². The Balaban J connectivity index is 2.62. The number of hydrogen-bond donors (Lipinski definition) is 0. The highest BCUT2D eigenvalue weighted by atomic mass is 79.9. The Morgan fingerprint density at radius 2 is 1.71 bits per heavy atom. The molecule has 0 atom stereocenters. The molecule has 0 spiro atoms. The molecule has 3 rings (SSSR count). The fourth-order valence-electron chi connectivity index (χ4n) is 1.93. The van der Waals surface area contributed by atoms with Crippen molar-refractivity contribution in [3.63, 3.8) is 0 Å². The van der Waals surface area contributed by atoms with E-state index in [0.717, 1.165) is 8.95 Å². The summed E-state index contributed by atoms with van der Waals surface area (Å²) in [7, 11) is 0.